The summed E-state index contributed by atoms with van der Waals surface area (Å²) in [4.78, 5) is 13.8. The summed E-state index contributed by atoms with van der Waals surface area (Å²) in [6.45, 7) is 0. The average Bonchev–Trinajstić information content (AvgIpc) is 3.33. The van der Waals surface area contributed by atoms with Crippen LogP contribution in [0.1, 0.15) is 12.8 Å². The summed E-state index contributed by atoms with van der Waals surface area (Å²) in [6.07, 6.45) is 2.06. The van der Waals surface area contributed by atoms with Gasteiger partial charge in [-0.15, -0.1) is 0 Å². The zero-order valence-corrected chi connectivity index (χ0v) is 12.5. The van der Waals surface area contributed by atoms with Gasteiger partial charge in [0, 0.05) is 31.4 Å². The number of nitrogens with zero attached hydrogens (tertiary/aromatic N) is 1. The van der Waals surface area contributed by atoms with E-state index in [-0.39, 0.29) is 11.8 Å². The third kappa shape index (κ3) is 3.24. The van der Waals surface area contributed by atoms with Gasteiger partial charge in [-0.3, -0.25) is 4.79 Å². The third-order valence-corrected chi connectivity index (χ3v) is 3.80. The van der Waals surface area contributed by atoms with E-state index in [9.17, 15) is 4.79 Å². The molecular weight excluding hydrogens is 260 g/mol. The van der Waals surface area contributed by atoms with Crippen molar-refractivity contribution in [1.82, 2.24) is 0 Å². The second-order valence-corrected chi connectivity index (χ2v) is 5.79. The molecule has 1 N–H and O–H groups in total. The normalized spacial score (nSPS) is 13.8. The summed E-state index contributed by atoms with van der Waals surface area (Å²) in [6, 6.07) is 16.5. The Morgan fingerprint density at radius 2 is 1.76 bits per heavy atom. The first-order valence-electron chi connectivity index (χ1n) is 7.32. The van der Waals surface area contributed by atoms with Crippen molar-refractivity contribution < 1.29 is 4.79 Å². The minimum absolute atomic E-state index is 0.150. The molecule has 0 heterocycles. The smallest absolute Gasteiger partial charge is 0.227 e. The fourth-order valence-corrected chi connectivity index (χ4v) is 2.30. The van der Waals surface area contributed by atoms with Gasteiger partial charge >= 0.3 is 0 Å². The van der Waals surface area contributed by atoms with Crippen LogP contribution < -0.4 is 10.2 Å². The number of benzene rings is 2. The molecule has 2 aromatic rings. The largest absolute Gasteiger partial charge is 0.378 e. The second kappa shape index (κ2) is 5.60. The van der Waals surface area contributed by atoms with E-state index in [0.29, 0.717) is 0 Å². The van der Waals surface area contributed by atoms with E-state index >= 15 is 0 Å². The number of nitrogens with one attached hydrogen (secondary N) is 1. The molecule has 1 fully saturated rings. The lowest BCUT2D eigenvalue weighted by atomic mass is 10.0. The molecule has 2 aromatic carbocycles. The Balaban J connectivity index is 1.77. The maximum absolute atomic E-state index is 11.7. The summed E-state index contributed by atoms with van der Waals surface area (Å²) < 4.78 is 0. The van der Waals surface area contributed by atoms with Gasteiger partial charge < -0.3 is 10.2 Å². The standard InChI is InChI=1S/C18H20N2O/c1-20(2)17-5-3-4-15(12-17)13-8-10-16(11-9-13)19-18(21)14-6-7-14/h3-5,8-12,14H,6-7H2,1-2H3,(H,19,21). The molecule has 0 aromatic heterocycles. The molecule has 3 rings (SSSR count). The lowest BCUT2D eigenvalue weighted by Gasteiger charge is -2.14. The van der Waals surface area contributed by atoms with Crippen LogP contribution in [-0.4, -0.2) is 20.0 Å². The van der Waals surface area contributed by atoms with Crippen molar-refractivity contribution in [3.63, 3.8) is 0 Å². The Morgan fingerprint density at radius 3 is 2.38 bits per heavy atom. The molecular formula is C18H20N2O. The molecule has 0 aliphatic heterocycles. The Bertz CT molecular complexity index is 643. The first-order valence-corrected chi connectivity index (χ1v) is 7.32. The minimum Gasteiger partial charge on any atom is -0.378 e. The van der Waals surface area contributed by atoms with Gasteiger partial charge in [0.1, 0.15) is 0 Å². The predicted molar refractivity (Wildman–Crippen MR) is 87.6 cm³/mol. The van der Waals surface area contributed by atoms with Crippen LogP contribution in [0.25, 0.3) is 11.1 Å². The molecule has 1 saturated carbocycles. The van der Waals surface area contributed by atoms with Crippen molar-refractivity contribution in [3.8, 4) is 11.1 Å². The number of hydrogen-bond acceptors (Lipinski definition) is 2. The van der Waals surface area contributed by atoms with Crippen LogP contribution in [0, 0.1) is 5.92 Å². The zero-order chi connectivity index (χ0) is 14.8. The number of rotatable bonds is 4. The monoisotopic (exact) mass is 280 g/mol. The maximum atomic E-state index is 11.7. The number of carbonyl (C=O) groups is 1. The fraction of sp³-hybridized carbons (Fsp3) is 0.278. The summed E-state index contributed by atoms with van der Waals surface area (Å²) in [7, 11) is 4.07. The number of hydrogen-bond donors (Lipinski definition) is 1. The van der Waals surface area contributed by atoms with Crippen molar-refractivity contribution in [2.24, 2.45) is 5.92 Å². The lowest BCUT2D eigenvalue weighted by molar-refractivity contribution is -0.117. The third-order valence-electron chi connectivity index (χ3n) is 3.80. The molecule has 108 valence electrons. The Hall–Kier alpha value is -2.29. The molecule has 0 unspecified atom stereocenters. The summed E-state index contributed by atoms with van der Waals surface area (Å²) in [5, 5.41) is 2.96. The number of amides is 1. The van der Waals surface area contributed by atoms with Crippen LogP contribution in [-0.2, 0) is 4.79 Å². The van der Waals surface area contributed by atoms with Gasteiger partial charge in [-0.25, -0.2) is 0 Å². The Kier molecular flexibility index (Phi) is 3.65. The molecule has 3 heteroatoms. The molecule has 1 aliphatic carbocycles. The molecule has 0 bridgehead atoms. The lowest BCUT2D eigenvalue weighted by Crippen LogP contribution is -2.12. The van der Waals surface area contributed by atoms with Crippen molar-refractivity contribution in [2.45, 2.75) is 12.8 Å². The van der Waals surface area contributed by atoms with Gasteiger partial charge in [0.05, 0.1) is 0 Å². The van der Waals surface area contributed by atoms with Gasteiger partial charge in [-0.05, 0) is 48.2 Å². The van der Waals surface area contributed by atoms with Crippen LogP contribution in [0.5, 0.6) is 0 Å². The molecule has 3 nitrogen and oxygen atoms in total. The molecule has 1 aliphatic rings. The van der Waals surface area contributed by atoms with Crippen LogP contribution in [0.3, 0.4) is 0 Å². The number of anilines is 2. The van der Waals surface area contributed by atoms with Gasteiger partial charge in [-0.2, -0.15) is 0 Å². The van der Waals surface area contributed by atoms with Crippen LogP contribution in [0.4, 0.5) is 11.4 Å². The van der Waals surface area contributed by atoms with E-state index < -0.39 is 0 Å². The van der Waals surface area contributed by atoms with E-state index in [1.165, 1.54) is 11.3 Å². The van der Waals surface area contributed by atoms with Crippen molar-refractivity contribution in [1.29, 1.82) is 0 Å². The van der Waals surface area contributed by atoms with Crippen molar-refractivity contribution in [2.75, 3.05) is 24.3 Å². The average molecular weight is 280 g/mol. The van der Waals surface area contributed by atoms with Gasteiger partial charge in [-0.1, -0.05) is 24.3 Å². The van der Waals surface area contributed by atoms with E-state index in [0.717, 1.165) is 24.1 Å². The predicted octanol–water partition coefficient (Wildman–Crippen LogP) is 3.77. The molecule has 0 atom stereocenters. The first-order chi connectivity index (χ1) is 10.1. The van der Waals surface area contributed by atoms with Crippen LogP contribution in [0.2, 0.25) is 0 Å². The topological polar surface area (TPSA) is 32.3 Å². The van der Waals surface area contributed by atoms with Gasteiger partial charge in [0.2, 0.25) is 5.91 Å². The van der Waals surface area contributed by atoms with Crippen LogP contribution in [0.15, 0.2) is 48.5 Å². The van der Waals surface area contributed by atoms with E-state index in [1.807, 2.05) is 26.2 Å². The van der Waals surface area contributed by atoms with Crippen molar-refractivity contribution in [3.05, 3.63) is 48.5 Å². The maximum Gasteiger partial charge on any atom is 0.227 e. The van der Waals surface area contributed by atoms with E-state index in [2.05, 4.69) is 46.6 Å². The van der Waals surface area contributed by atoms with E-state index in [4.69, 9.17) is 0 Å². The number of carbonyl (C=O) groups excluding carboxylic acids is 1. The van der Waals surface area contributed by atoms with Gasteiger partial charge in [0.15, 0.2) is 0 Å². The summed E-state index contributed by atoms with van der Waals surface area (Å²) >= 11 is 0. The fourth-order valence-electron chi connectivity index (χ4n) is 2.30. The van der Waals surface area contributed by atoms with Crippen molar-refractivity contribution >= 4 is 17.3 Å². The quantitative estimate of drug-likeness (QED) is 0.924. The highest BCUT2D eigenvalue weighted by Crippen LogP contribution is 2.30. The van der Waals surface area contributed by atoms with Crippen LogP contribution >= 0.6 is 0 Å². The molecule has 0 saturated heterocycles. The zero-order valence-electron chi connectivity index (χ0n) is 12.5. The van der Waals surface area contributed by atoms with Gasteiger partial charge in [0.25, 0.3) is 0 Å². The summed E-state index contributed by atoms with van der Waals surface area (Å²) in [5.41, 5.74) is 4.39. The molecule has 0 radical (unpaired) electrons. The minimum atomic E-state index is 0.150. The van der Waals surface area contributed by atoms with E-state index in [1.54, 1.807) is 0 Å². The molecule has 21 heavy (non-hydrogen) atoms. The molecule has 1 amide bonds. The molecule has 0 spiro atoms. The Labute approximate surface area is 125 Å². The highest BCUT2D eigenvalue weighted by Gasteiger charge is 2.29. The second-order valence-electron chi connectivity index (χ2n) is 5.79. The first kappa shape index (κ1) is 13.7. The highest BCUT2D eigenvalue weighted by atomic mass is 16.2. The highest BCUT2D eigenvalue weighted by molar-refractivity contribution is 5.94. The SMILES string of the molecule is CN(C)c1cccc(-c2ccc(NC(=O)C3CC3)cc2)c1. The Morgan fingerprint density at radius 1 is 1.05 bits per heavy atom. The summed E-state index contributed by atoms with van der Waals surface area (Å²) in [5.74, 6) is 0.388.